The van der Waals surface area contributed by atoms with Crippen molar-refractivity contribution in [3.63, 3.8) is 0 Å². The van der Waals surface area contributed by atoms with Gasteiger partial charge < -0.3 is 15.2 Å². The number of carbonyl (C=O) groups is 1. The van der Waals surface area contributed by atoms with Crippen LogP contribution in [-0.2, 0) is 11.2 Å². The lowest BCUT2D eigenvalue weighted by molar-refractivity contribution is 0.164. The molecule has 5 nitrogen and oxygen atoms in total. The number of phenolic OH excluding ortho intramolecular Hbond substituents is 1. The SMILES string of the molecule is COC(=O)NC1CCN(C2CCCc3ccc(O)cc32)C1. The Labute approximate surface area is 124 Å². The third-order valence-electron chi connectivity index (χ3n) is 4.58. The molecular weight excluding hydrogens is 268 g/mol. The van der Waals surface area contributed by atoms with Crippen LogP contribution in [0.3, 0.4) is 0 Å². The van der Waals surface area contributed by atoms with Gasteiger partial charge in [-0.25, -0.2) is 4.79 Å². The van der Waals surface area contributed by atoms with Crippen molar-refractivity contribution in [1.82, 2.24) is 10.2 Å². The minimum atomic E-state index is -0.358. The fraction of sp³-hybridized carbons (Fsp3) is 0.562. The fourth-order valence-electron chi connectivity index (χ4n) is 3.55. The van der Waals surface area contributed by atoms with Crippen LogP contribution in [-0.4, -0.2) is 42.3 Å². The van der Waals surface area contributed by atoms with Crippen LogP contribution in [0.1, 0.15) is 36.4 Å². The van der Waals surface area contributed by atoms with Crippen LogP contribution >= 0.6 is 0 Å². The average Bonchev–Trinajstić information content (AvgIpc) is 2.94. The van der Waals surface area contributed by atoms with Gasteiger partial charge in [0, 0.05) is 25.2 Å². The molecule has 1 fully saturated rings. The van der Waals surface area contributed by atoms with Gasteiger partial charge in [0.25, 0.3) is 0 Å². The molecule has 1 aliphatic heterocycles. The van der Waals surface area contributed by atoms with E-state index < -0.39 is 0 Å². The van der Waals surface area contributed by atoms with Crippen LogP contribution < -0.4 is 5.32 Å². The summed E-state index contributed by atoms with van der Waals surface area (Å²) in [6, 6.07) is 6.22. The molecule has 2 N–H and O–H groups in total. The number of rotatable bonds is 2. The topological polar surface area (TPSA) is 61.8 Å². The second-order valence-electron chi connectivity index (χ2n) is 5.91. The lowest BCUT2D eigenvalue weighted by atomic mass is 9.86. The number of methoxy groups -OCH3 is 1. The summed E-state index contributed by atoms with van der Waals surface area (Å²) in [5, 5.41) is 12.6. The van der Waals surface area contributed by atoms with Gasteiger partial charge in [0.1, 0.15) is 5.75 Å². The molecule has 0 radical (unpaired) electrons. The van der Waals surface area contributed by atoms with E-state index in [0.29, 0.717) is 11.8 Å². The number of aryl methyl sites for hydroxylation is 1. The quantitative estimate of drug-likeness (QED) is 0.876. The van der Waals surface area contributed by atoms with E-state index in [1.807, 2.05) is 12.1 Å². The number of fused-ring (bicyclic) bond motifs is 1. The molecule has 0 saturated carbocycles. The summed E-state index contributed by atoms with van der Waals surface area (Å²) in [4.78, 5) is 13.7. The molecule has 2 aliphatic rings. The number of hydrogen-bond acceptors (Lipinski definition) is 4. The molecule has 114 valence electrons. The molecule has 2 atom stereocenters. The number of nitrogens with one attached hydrogen (secondary N) is 1. The Morgan fingerprint density at radius 1 is 1.43 bits per heavy atom. The maximum Gasteiger partial charge on any atom is 0.407 e. The predicted molar refractivity (Wildman–Crippen MR) is 79.3 cm³/mol. The van der Waals surface area contributed by atoms with E-state index >= 15 is 0 Å². The lowest BCUT2D eigenvalue weighted by Gasteiger charge is -2.33. The van der Waals surface area contributed by atoms with Crippen molar-refractivity contribution in [2.75, 3.05) is 20.2 Å². The largest absolute Gasteiger partial charge is 0.508 e. The molecule has 0 aromatic heterocycles. The third kappa shape index (κ3) is 2.97. The molecule has 0 bridgehead atoms. The molecule has 1 heterocycles. The van der Waals surface area contributed by atoms with E-state index in [1.165, 1.54) is 24.7 Å². The molecule has 1 aliphatic carbocycles. The number of hydrogen-bond donors (Lipinski definition) is 2. The Bertz CT molecular complexity index is 532. The van der Waals surface area contributed by atoms with E-state index in [0.717, 1.165) is 32.4 Å². The van der Waals surface area contributed by atoms with Crippen LogP contribution in [0.5, 0.6) is 5.75 Å². The van der Waals surface area contributed by atoms with Crippen molar-refractivity contribution >= 4 is 6.09 Å². The first-order valence-corrected chi connectivity index (χ1v) is 7.57. The van der Waals surface area contributed by atoms with Crippen molar-refractivity contribution in [2.45, 2.75) is 37.8 Å². The van der Waals surface area contributed by atoms with E-state index in [-0.39, 0.29) is 12.1 Å². The summed E-state index contributed by atoms with van der Waals surface area (Å²) in [7, 11) is 1.39. The standard InChI is InChI=1S/C16H22N2O3/c1-21-16(20)17-12-7-8-18(10-12)15-4-2-3-11-5-6-13(19)9-14(11)15/h5-6,9,12,15,19H,2-4,7-8,10H2,1H3,(H,17,20). The molecule has 5 heteroatoms. The number of alkyl carbamates (subject to hydrolysis) is 1. The predicted octanol–water partition coefficient (Wildman–Crippen LogP) is 2.20. The highest BCUT2D eigenvalue weighted by molar-refractivity contribution is 5.67. The highest BCUT2D eigenvalue weighted by atomic mass is 16.5. The van der Waals surface area contributed by atoms with Gasteiger partial charge in [-0.2, -0.15) is 0 Å². The first-order chi connectivity index (χ1) is 10.2. The van der Waals surface area contributed by atoms with Gasteiger partial charge in [0.15, 0.2) is 0 Å². The van der Waals surface area contributed by atoms with Crippen molar-refractivity contribution < 1.29 is 14.6 Å². The second-order valence-corrected chi connectivity index (χ2v) is 5.91. The third-order valence-corrected chi connectivity index (χ3v) is 4.58. The Morgan fingerprint density at radius 2 is 2.29 bits per heavy atom. The molecule has 1 saturated heterocycles. The van der Waals surface area contributed by atoms with Gasteiger partial charge in [-0.1, -0.05) is 6.07 Å². The maximum atomic E-state index is 11.3. The summed E-state index contributed by atoms with van der Waals surface area (Å²) < 4.78 is 4.66. The second kappa shape index (κ2) is 5.93. The molecule has 0 spiro atoms. The highest BCUT2D eigenvalue weighted by Gasteiger charge is 2.32. The number of likely N-dealkylation sites (tertiary alicyclic amines) is 1. The number of ether oxygens (including phenoxy) is 1. The molecule has 1 amide bonds. The van der Waals surface area contributed by atoms with Crippen molar-refractivity contribution in [3.8, 4) is 5.75 Å². The monoisotopic (exact) mass is 290 g/mol. The van der Waals surface area contributed by atoms with Crippen molar-refractivity contribution in [1.29, 1.82) is 0 Å². The zero-order chi connectivity index (χ0) is 14.8. The first kappa shape index (κ1) is 14.2. The molecule has 1 aromatic carbocycles. The van der Waals surface area contributed by atoms with E-state index in [4.69, 9.17) is 0 Å². The minimum Gasteiger partial charge on any atom is -0.508 e. The van der Waals surface area contributed by atoms with E-state index in [9.17, 15) is 9.90 Å². The summed E-state index contributed by atoms with van der Waals surface area (Å²) in [5.74, 6) is 0.337. The maximum absolute atomic E-state index is 11.3. The van der Waals surface area contributed by atoms with Crippen molar-refractivity contribution in [2.24, 2.45) is 0 Å². The number of benzene rings is 1. The van der Waals surface area contributed by atoms with Gasteiger partial charge >= 0.3 is 6.09 Å². The Balaban J connectivity index is 1.72. The van der Waals surface area contributed by atoms with Crippen LogP contribution in [0.15, 0.2) is 18.2 Å². The Kier molecular flexibility index (Phi) is 4.01. The zero-order valence-corrected chi connectivity index (χ0v) is 12.3. The molecular formula is C16H22N2O3. The first-order valence-electron chi connectivity index (χ1n) is 7.57. The fourth-order valence-corrected chi connectivity index (χ4v) is 3.55. The molecule has 21 heavy (non-hydrogen) atoms. The van der Waals surface area contributed by atoms with Crippen molar-refractivity contribution in [3.05, 3.63) is 29.3 Å². The minimum absolute atomic E-state index is 0.153. The summed E-state index contributed by atoms with van der Waals surface area (Å²) in [6.45, 7) is 1.81. The number of aromatic hydroxyl groups is 1. The Hall–Kier alpha value is -1.75. The molecule has 3 rings (SSSR count). The van der Waals surface area contributed by atoms with Gasteiger partial charge in [0.05, 0.1) is 7.11 Å². The summed E-state index contributed by atoms with van der Waals surface area (Å²) in [5.41, 5.74) is 2.59. The van der Waals surface area contributed by atoms with Crippen LogP contribution in [0.25, 0.3) is 0 Å². The van der Waals surface area contributed by atoms with Gasteiger partial charge in [-0.3, -0.25) is 4.90 Å². The average molecular weight is 290 g/mol. The van der Waals surface area contributed by atoms with E-state index in [2.05, 4.69) is 15.0 Å². The Morgan fingerprint density at radius 3 is 3.10 bits per heavy atom. The normalized spacial score (nSPS) is 25.4. The molecule has 2 unspecified atom stereocenters. The highest BCUT2D eigenvalue weighted by Crippen LogP contribution is 2.37. The summed E-state index contributed by atoms with van der Waals surface area (Å²) in [6.07, 6.45) is 3.96. The van der Waals surface area contributed by atoms with Crippen LogP contribution in [0.2, 0.25) is 0 Å². The number of amides is 1. The van der Waals surface area contributed by atoms with Crippen LogP contribution in [0, 0.1) is 0 Å². The zero-order valence-electron chi connectivity index (χ0n) is 12.3. The van der Waals surface area contributed by atoms with Crippen LogP contribution in [0.4, 0.5) is 4.79 Å². The smallest absolute Gasteiger partial charge is 0.407 e. The van der Waals surface area contributed by atoms with Gasteiger partial charge in [-0.15, -0.1) is 0 Å². The number of nitrogens with zero attached hydrogens (tertiary/aromatic N) is 1. The summed E-state index contributed by atoms with van der Waals surface area (Å²) >= 11 is 0. The van der Waals surface area contributed by atoms with Gasteiger partial charge in [0.2, 0.25) is 0 Å². The number of carbonyl (C=O) groups excluding carboxylic acids is 1. The van der Waals surface area contributed by atoms with E-state index in [1.54, 1.807) is 6.07 Å². The number of phenols is 1. The van der Waals surface area contributed by atoms with Gasteiger partial charge in [-0.05, 0) is 48.9 Å². The molecule has 1 aromatic rings. The lowest BCUT2D eigenvalue weighted by Crippen LogP contribution is -2.38.